The lowest BCUT2D eigenvalue weighted by molar-refractivity contribution is 0.438. The Morgan fingerprint density at radius 3 is 2.19 bits per heavy atom. The van der Waals surface area contributed by atoms with Crippen LogP contribution in [-0.4, -0.2) is 0 Å². The lowest BCUT2D eigenvalue weighted by Gasteiger charge is -2.17. The van der Waals surface area contributed by atoms with Crippen molar-refractivity contribution < 1.29 is 13.2 Å². The van der Waals surface area contributed by atoms with Crippen LogP contribution in [0.15, 0.2) is 42.5 Å². The summed E-state index contributed by atoms with van der Waals surface area (Å²) in [4.78, 5) is 0. The largest absolute Gasteiger partial charge is 0.271 e. The van der Waals surface area contributed by atoms with Gasteiger partial charge in [-0.1, -0.05) is 30.3 Å². The third kappa shape index (κ3) is 4.06. The highest BCUT2D eigenvalue weighted by molar-refractivity contribution is 5.24. The number of hydrazine groups is 1. The zero-order chi connectivity index (χ0) is 15.2. The zero-order valence-corrected chi connectivity index (χ0v) is 11.5. The first-order chi connectivity index (χ1) is 10.1. The van der Waals surface area contributed by atoms with E-state index in [0.29, 0.717) is 25.0 Å². The molecule has 0 aliphatic carbocycles. The fourth-order valence-corrected chi connectivity index (χ4v) is 2.35. The fourth-order valence-electron chi connectivity index (χ4n) is 2.35. The second-order valence-corrected chi connectivity index (χ2v) is 4.88. The van der Waals surface area contributed by atoms with Crippen molar-refractivity contribution in [1.82, 2.24) is 5.43 Å². The number of hydrogen-bond donors (Lipinski definition) is 2. The molecule has 2 aromatic carbocycles. The van der Waals surface area contributed by atoms with Crippen LogP contribution in [0.3, 0.4) is 0 Å². The molecule has 3 N–H and O–H groups in total. The van der Waals surface area contributed by atoms with Crippen molar-refractivity contribution >= 4 is 0 Å². The maximum atomic E-state index is 13.7. The minimum atomic E-state index is -0.936. The van der Waals surface area contributed by atoms with E-state index in [4.69, 9.17) is 5.84 Å². The van der Waals surface area contributed by atoms with Gasteiger partial charge in [-0.05, 0) is 24.8 Å². The standard InChI is InChI=1S/C16H17F3N2/c17-12-9-13(18)16(14(19)10-12)15(21-20)8-4-7-11-5-2-1-3-6-11/h1-3,5-6,9-10,15,21H,4,7-8,20H2. The summed E-state index contributed by atoms with van der Waals surface area (Å²) in [5.74, 6) is 2.60. The van der Waals surface area contributed by atoms with E-state index in [1.807, 2.05) is 30.3 Å². The number of nitrogens with two attached hydrogens (primary N) is 1. The first-order valence-electron chi connectivity index (χ1n) is 6.76. The van der Waals surface area contributed by atoms with Gasteiger partial charge >= 0.3 is 0 Å². The van der Waals surface area contributed by atoms with Gasteiger partial charge in [0.05, 0.1) is 6.04 Å². The van der Waals surface area contributed by atoms with E-state index in [-0.39, 0.29) is 5.56 Å². The van der Waals surface area contributed by atoms with Gasteiger partial charge in [-0.25, -0.2) is 13.2 Å². The van der Waals surface area contributed by atoms with Crippen LogP contribution in [0.1, 0.15) is 30.0 Å². The van der Waals surface area contributed by atoms with Crippen LogP contribution in [0.2, 0.25) is 0 Å². The molecule has 0 aliphatic heterocycles. The van der Waals surface area contributed by atoms with Gasteiger partial charge in [0.15, 0.2) is 0 Å². The molecule has 1 unspecified atom stereocenters. The van der Waals surface area contributed by atoms with Crippen LogP contribution in [0.25, 0.3) is 0 Å². The number of halogens is 3. The van der Waals surface area contributed by atoms with Crippen LogP contribution in [0.5, 0.6) is 0 Å². The molecule has 0 saturated carbocycles. The van der Waals surface area contributed by atoms with Crippen LogP contribution in [-0.2, 0) is 6.42 Å². The molecule has 21 heavy (non-hydrogen) atoms. The molecule has 0 aromatic heterocycles. The maximum Gasteiger partial charge on any atom is 0.133 e. The molecule has 2 rings (SSSR count). The van der Waals surface area contributed by atoms with Gasteiger partial charge in [-0.3, -0.25) is 11.3 Å². The summed E-state index contributed by atoms with van der Waals surface area (Å²) in [6, 6.07) is 10.4. The van der Waals surface area contributed by atoms with E-state index >= 15 is 0 Å². The summed E-state index contributed by atoms with van der Waals surface area (Å²) in [7, 11) is 0. The molecule has 0 fully saturated rings. The van der Waals surface area contributed by atoms with E-state index in [9.17, 15) is 13.2 Å². The van der Waals surface area contributed by atoms with E-state index < -0.39 is 23.5 Å². The van der Waals surface area contributed by atoms with E-state index in [1.54, 1.807) is 0 Å². The third-order valence-electron chi connectivity index (χ3n) is 3.39. The van der Waals surface area contributed by atoms with Crippen molar-refractivity contribution in [3.63, 3.8) is 0 Å². The van der Waals surface area contributed by atoms with Crippen molar-refractivity contribution in [1.29, 1.82) is 0 Å². The normalized spacial score (nSPS) is 12.4. The van der Waals surface area contributed by atoms with Gasteiger partial charge in [-0.15, -0.1) is 0 Å². The molecule has 0 heterocycles. The van der Waals surface area contributed by atoms with Crippen LogP contribution in [0.4, 0.5) is 13.2 Å². The molecule has 2 nitrogen and oxygen atoms in total. The predicted octanol–water partition coefficient (Wildman–Crippen LogP) is 3.63. The maximum absolute atomic E-state index is 13.7. The highest BCUT2D eigenvalue weighted by Crippen LogP contribution is 2.25. The Balaban J connectivity index is 2.03. The summed E-state index contributed by atoms with van der Waals surface area (Å²) in [6.45, 7) is 0. The first kappa shape index (κ1) is 15.5. The number of nitrogens with one attached hydrogen (secondary N) is 1. The monoisotopic (exact) mass is 294 g/mol. The molecular formula is C16H17F3N2. The highest BCUT2D eigenvalue weighted by atomic mass is 19.1. The van der Waals surface area contributed by atoms with Gasteiger partial charge in [-0.2, -0.15) is 0 Å². The Bertz CT molecular complexity index is 564. The smallest absolute Gasteiger partial charge is 0.133 e. The molecule has 5 heteroatoms. The van der Waals surface area contributed by atoms with Crippen molar-refractivity contribution in [2.24, 2.45) is 5.84 Å². The van der Waals surface area contributed by atoms with E-state index in [0.717, 1.165) is 12.0 Å². The predicted molar refractivity (Wildman–Crippen MR) is 75.8 cm³/mol. The second kappa shape index (κ2) is 7.24. The van der Waals surface area contributed by atoms with E-state index in [1.165, 1.54) is 0 Å². The van der Waals surface area contributed by atoms with Gasteiger partial charge in [0.1, 0.15) is 17.5 Å². The van der Waals surface area contributed by atoms with Gasteiger partial charge < -0.3 is 0 Å². The molecule has 1 atom stereocenters. The molecular weight excluding hydrogens is 277 g/mol. The van der Waals surface area contributed by atoms with Crippen molar-refractivity contribution in [3.05, 3.63) is 71.0 Å². The van der Waals surface area contributed by atoms with Crippen molar-refractivity contribution in [2.45, 2.75) is 25.3 Å². The Hall–Kier alpha value is -1.85. The summed E-state index contributed by atoms with van der Waals surface area (Å²) in [5.41, 5.74) is 3.33. The van der Waals surface area contributed by atoms with Crippen molar-refractivity contribution in [2.75, 3.05) is 0 Å². The molecule has 0 saturated heterocycles. The summed E-state index contributed by atoms with van der Waals surface area (Å²) < 4.78 is 40.4. The second-order valence-electron chi connectivity index (χ2n) is 4.88. The van der Waals surface area contributed by atoms with Crippen LogP contribution < -0.4 is 11.3 Å². The average Bonchev–Trinajstić information content (AvgIpc) is 2.45. The lowest BCUT2D eigenvalue weighted by atomic mass is 9.98. The quantitative estimate of drug-likeness (QED) is 0.630. The SMILES string of the molecule is NNC(CCCc1ccccc1)c1c(F)cc(F)cc1F. The van der Waals surface area contributed by atoms with E-state index in [2.05, 4.69) is 5.43 Å². The highest BCUT2D eigenvalue weighted by Gasteiger charge is 2.20. The topological polar surface area (TPSA) is 38.0 Å². The van der Waals surface area contributed by atoms with Crippen LogP contribution >= 0.6 is 0 Å². The number of aryl methyl sites for hydroxylation is 1. The molecule has 112 valence electrons. The molecule has 0 radical (unpaired) electrons. The molecule has 0 aliphatic rings. The minimum absolute atomic E-state index is 0.216. The lowest BCUT2D eigenvalue weighted by Crippen LogP contribution is -2.29. The molecule has 0 bridgehead atoms. The molecule has 0 amide bonds. The van der Waals surface area contributed by atoms with Crippen molar-refractivity contribution in [3.8, 4) is 0 Å². The zero-order valence-electron chi connectivity index (χ0n) is 11.5. The number of rotatable bonds is 6. The minimum Gasteiger partial charge on any atom is -0.271 e. The Labute approximate surface area is 121 Å². The fraction of sp³-hybridized carbons (Fsp3) is 0.250. The molecule has 0 spiro atoms. The summed E-state index contributed by atoms with van der Waals surface area (Å²) in [6.07, 6.45) is 1.93. The molecule has 2 aromatic rings. The summed E-state index contributed by atoms with van der Waals surface area (Å²) >= 11 is 0. The third-order valence-corrected chi connectivity index (χ3v) is 3.39. The van der Waals surface area contributed by atoms with Gasteiger partial charge in [0.25, 0.3) is 0 Å². The number of hydrogen-bond acceptors (Lipinski definition) is 2. The first-order valence-corrected chi connectivity index (χ1v) is 6.76. The Morgan fingerprint density at radius 2 is 1.62 bits per heavy atom. The average molecular weight is 294 g/mol. The van der Waals surface area contributed by atoms with Gasteiger partial charge in [0, 0.05) is 17.7 Å². The summed E-state index contributed by atoms with van der Waals surface area (Å²) in [5, 5.41) is 0. The number of benzene rings is 2. The Kier molecular flexibility index (Phi) is 5.36. The van der Waals surface area contributed by atoms with Crippen LogP contribution in [0, 0.1) is 17.5 Å². The Morgan fingerprint density at radius 1 is 1.00 bits per heavy atom. The van der Waals surface area contributed by atoms with Gasteiger partial charge in [0.2, 0.25) is 0 Å².